The molecule has 4 heteroatoms. The minimum atomic E-state index is -0.820. The van der Waals surface area contributed by atoms with Gasteiger partial charge < -0.3 is 10.0 Å². The molecule has 0 spiro atoms. The monoisotopic (exact) mass is 309 g/mol. The van der Waals surface area contributed by atoms with Crippen LogP contribution in [0.3, 0.4) is 0 Å². The van der Waals surface area contributed by atoms with Crippen LogP contribution in [0, 0.1) is 0 Å². The zero-order chi connectivity index (χ0) is 13.1. The number of carbonyl (C=O) groups is 1. The van der Waals surface area contributed by atoms with Crippen molar-refractivity contribution < 1.29 is 9.90 Å². The van der Waals surface area contributed by atoms with Crippen LogP contribution in [-0.2, 0) is 4.79 Å². The second-order valence-corrected chi connectivity index (χ2v) is 5.33. The summed E-state index contributed by atoms with van der Waals surface area (Å²) in [4.78, 5) is 13.4. The molecule has 1 heterocycles. The Morgan fingerprint density at radius 3 is 2.94 bits per heavy atom. The summed E-state index contributed by atoms with van der Waals surface area (Å²) in [5.41, 5.74) is 2.58. The summed E-state index contributed by atoms with van der Waals surface area (Å²) in [6, 6.07) is 6.03. The average Bonchev–Trinajstić information content (AvgIpc) is 2.49. The summed E-state index contributed by atoms with van der Waals surface area (Å²) in [6.07, 6.45) is 3.43. The lowest BCUT2D eigenvalue weighted by molar-refractivity contribution is -0.132. The van der Waals surface area contributed by atoms with Crippen molar-refractivity contribution in [1.29, 1.82) is 0 Å². The number of benzene rings is 1. The zero-order valence-corrected chi connectivity index (χ0v) is 11.9. The second kappa shape index (κ2) is 5.57. The number of fused-ring (bicyclic) bond motifs is 1. The first-order valence-electron chi connectivity index (χ1n) is 6.10. The maximum atomic E-state index is 11.2. The quantitative estimate of drug-likeness (QED) is 0.928. The normalized spacial score (nSPS) is 14.8. The van der Waals surface area contributed by atoms with E-state index in [1.165, 1.54) is 0 Å². The summed E-state index contributed by atoms with van der Waals surface area (Å²) in [5.74, 6) is -0.820. The number of aliphatic carboxylic acids is 1. The second-order valence-electron chi connectivity index (χ2n) is 4.41. The molecule has 0 saturated heterocycles. The molecule has 1 N–H and O–H groups in total. The van der Waals surface area contributed by atoms with E-state index >= 15 is 0 Å². The molecule has 0 saturated carbocycles. The Bertz CT molecular complexity index is 497. The topological polar surface area (TPSA) is 40.5 Å². The van der Waals surface area contributed by atoms with Gasteiger partial charge in [-0.3, -0.25) is 0 Å². The average molecular weight is 310 g/mol. The van der Waals surface area contributed by atoms with Crippen LogP contribution in [0.4, 0.5) is 5.69 Å². The first-order valence-corrected chi connectivity index (χ1v) is 6.89. The number of nitrogens with zero attached hydrogens (tertiary/aromatic N) is 1. The summed E-state index contributed by atoms with van der Waals surface area (Å²) in [7, 11) is 0. The molecular formula is C14H16BrNO2. The van der Waals surface area contributed by atoms with Gasteiger partial charge in [0.1, 0.15) is 0 Å². The first kappa shape index (κ1) is 13.1. The standard InChI is InChI=1S/C14H16BrNO2/c1-2-6-16-7-5-10(14(17)18)8-11-9-12(15)3-4-13(11)16/h3-4,8-9H,2,5-7H2,1H3,(H,17,18). The van der Waals surface area contributed by atoms with E-state index in [1.54, 1.807) is 6.08 Å². The predicted octanol–water partition coefficient (Wildman–Crippen LogP) is 3.54. The molecule has 96 valence electrons. The van der Waals surface area contributed by atoms with E-state index in [4.69, 9.17) is 0 Å². The molecule has 18 heavy (non-hydrogen) atoms. The van der Waals surface area contributed by atoms with E-state index in [0.717, 1.165) is 35.2 Å². The van der Waals surface area contributed by atoms with Gasteiger partial charge in [-0.25, -0.2) is 4.79 Å². The van der Waals surface area contributed by atoms with Gasteiger partial charge in [-0.1, -0.05) is 22.9 Å². The molecule has 1 aliphatic rings. The first-order chi connectivity index (χ1) is 8.61. The summed E-state index contributed by atoms with van der Waals surface area (Å²) in [5, 5.41) is 9.18. The van der Waals surface area contributed by atoms with E-state index in [2.05, 4.69) is 33.8 Å². The van der Waals surface area contributed by atoms with E-state index in [0.29, 0.717) is 12.0 Å². The number of halogens is 1. The molecule has 0 fully saturated rings. The maximum Gasteiger partial charge on any atom is 0.331 e. The third kappa shape index (κ3) is 2.75. The molecule has 0 unspecified atom stereocenters. The van der Waals surface area contributed by atoms with E-state index in [9.17, 15) is 9.90 Å². The van der Waals surface area contributed by atoms with Crippen molar-refractivity contribution in [3.8, 4) is 0 Å². The highest BCUT2D eigenvalue weighted by Crippen LogP contribution is 2.30. The predicted molar refractivity (Wildman–Crippen MR) is 76.9 cm³/mol. The molecule has 1 aliphatic heterocycles. The number of hydrogen-bond acceptors (Lipinski definition) is 2. The molecule has 3 nitrogen and oxygen atoms in total. The van der Waals surface area contributed by atoms with Gasteiger partial charge >= 0.3 is 5.97 Å². The van der Waals surface area contributed by atoms with Crippen molar-refractivity contribution in [1.82, 2.24) is 0 Å². The fourth-order valence-corrected chi connectivity index (χ4v) is 2.61. The van der Waals surface area contributed by atoms with Crippen LogP contribution in [0.15, 0.2) is 28.2 Å². The van der Waals surface area contributed by atoms with Crippen LogP contribution >= 0.6 is 15.9 Å². The molecule has 0 radical (unpaired) electrons. The van der Waals surface area contributed by atoms with Gasteiger partial charge in [0, 0.05) is 28.8 Å². The molecule has 0 aromatic heterocycles. The van der Waals surface area contributed by atoms with E-state index in [1.807, 2.05) is 12.1 Å². The maximum absolute atomic E-state index is 11.2. The van der Waals surface area contributed by atoms with Gasteiger partial charge in [0.15, 0.2) is 0 Å². The van der Waals surface area contributed by atoms with Crippen LogP contribution < -0.4 is 4.90 Å². The minimum Gasteiger partial charge on any atom is -0.478 e. The largest absolute Gasteiger partial charge is 0.478 e. The van der Waals surface area contributed by atoms with Gasteiger partial charge in [0.05, 0.1) is 0 Å². The Morgan fingerprint density at radius 1 is 1.50 bits per heavy atom. The smallest absolute Gasteiger partial charge is 0.331 e. The molecule has 1 aromatic rings. The molecule has 0 amide bonds. The highest BCUT2D eigenvalue weighted by Gasteiger charge is 2.18. The van der Waals surface area contributed by atoms with Crippen molar-refractivity contribution >= 4 is 33.7 Å². The number of carboxylic acids is 1. The van der Waals surface area contributed by atoms with Crippen LogP contribution in [0.2, 0.25) is 0 Å². The van der Waals surface area contributed by atoms with Crippen LogP contribution in [0.25, 0.3) is 6.08 Å². The molecular weight excluding hydrogens is 294 g/mol. The molecule has 0 bridgehead atoms. The number of rotatable bonds is 3. The Balaban J connectivity index is 2.46. The molecule has 0 atom stereocenters. The third-order valence-electron chi connectivity index (χ3n) is 3.08. The van der Waals surface area contributed by atoms with Gasteiger partial charge in [-0.15, -0.1) is 0 Å². The van der Waals surface area contributed by atoms with Crippen molar-refractivity contribution in [2.75, 3.05) is 18.0 Å². The Morgan fingerprint density at radius 2 is 2.28 bits per heavy atom. The SMILES string of the molecule is CCCN1CCC(C(=O)O)=Cc2cc(Br)ccc21. The van der Waals surface area contributed by atoms with Crippen molar-refractivity contribution in [3.05, 3.63) is 33.8 Å². The Labute approximate surface area is 115 Å². The minimum absolute atomic E-state index is 0.480. The van der Waals surface area contributed by atoms with Gasteiger partial charge in [0.2, 0.25) is 0 Å². The summed E-state index contributed by atoms with van der Waals surface area (Å²) in [6.45, 7) is 3.85. The van der Waals surface area contributed by atoms with E-state index in [-0.39, 0.29) is 0 Å². The lowest BCUT2D eigenvalue weighted by Crippen LogP contribution is -2.25. The van der Waals surface area contributed by atoms with Crippen LogP contribution in [0.5, 0.6) is 0 Å². The fourth-order valence-electron chi connectivity index (χ4n) is 2.24. The number of hydrogen-bond donors (Lipinski definition) is 1. The third-order valence-corrected chi connectivity index (χ3v) is 3.57. The van der Waals surface area contributed by atoms with Gasteiger partial charge in [-0.05, 0) is 42.7 Å². The fraction of sp³-hybridized carbons (Fsp3) is 0.357. The van der Waals surface area contributed by atoms with Crippen LogP contribution in [0.1, 0.15) is 25.3 Å². The lowest BCUT2D eigenvalue weighted by atomic mass is 10.1. The van der Waals surface area contributed by atoms with Gasteiger partial charge in [0.25, 0.3) is 0 Å². The molecule has 1 aromatic carbocycles. The zero-order valence-electron chi connectivity index (χ0n) is 10.3. The van der Waals surface area contributed by atoms with Crippen molar-refractivity contribution in [2.24, 2.45) is 0 Å². The summed E-state index contributed by atoms with van der Waals surface area (Å²) < 4.78 is 0.973. The van der Waals surface area contributed by atoms with Gasteiger partial charge in [-0.2, -0.15) is 0 Å². The highest BCUT2D eigenvalue weighted by atomic mass is 79.9. The van der Waals surface area contributed by atoms with Crippen molar-refractivity contribution in [3.63, 3.8) is 0 Å². The Hall–Kier alpha value is -1.29. The molecule has 0 aliphatic carbocycles. The molecule has 2 rings (SSSR count). The number of anilines is 1. The number of carboxylic acid groups (broad SMARTS) is 1. The lowest BCUT2D eigenvalue weighted by Gasteiger charge is -2.24. The Kier molecular flexibility index (Phi) is 4.07. The highest BCUT2D eigenvalue weighted by molar-refractivity contribution is 9.10. The van der Waals surface area contributed by atoms with E-state index < -0.39 is 5.97 Å². The van der Waals surface area contributed by atoms with Crippen LogP contribution in [-0.4, -0.2) is 24.2 Å². The van der Waals surface area contributed by atoms with Crippen molar-refractivity contribution in [2.45, 2.75) is 19.8 Å². The summed E-state index contributed by atoms with van der Waals surface area (Å²) >= 11 is 3.44.